The molecule has 0 N–H and O–H groups in total. The zero-order valence-electron chi connectivity index (χ0n) is 15.8. The molecule has 0 radical (unpaired) electrons. The second kappa shape index (κ2) is 8.03. The van der Waals surface area contributed by atoms with Gasteiger partial charge in [-0.15, -0.1) is 11.8 Å². The summed E-state index contributed by atoms with van der Waals surface area (Å²) < 4.78 is 0. The van der Waals surface area contributed by atoms with Crippen molar-refractivity contribution in [2.24, 2.45) is 0 Å². The lowest BCUT2D eigenvalue weighted by atomic mass is 10.0. The molecular formula is C19H25N5OS. The van der Waals surface area contributed by atoms with Gasteiger partial charge in [-0.3, -0.25) is 9.78 Å². The minimum absolute atomic E-state index is 0.0172. The van der Waals surface area contributed by atoms with E-state index in [2.05, 4.69) is 11.9 Å². The Balaban J connectivity index is 1.95. The van der Waals surface area contributed by atoms with Crippen LogP contribution in [-0.4, -0.2) is 57.4 Å². The SMILES string of the molecule is CCS[C@H](C)C(=O)N1CCc2c(nc(-c3ccncc3)nc2N(C)C)C1. The van der Waals surface area contributed by atoms with Gasteiger partial charge in [0.15, 0.2) is 5.82 Å². The topological polar surface area (TPSA) is 62.2 Å². The van der Waals surface area contributed by atoms with Crippen molar-refractivity contribution in [3.63, 3.8) is 0 Å². The van der Waals surface area contributed by atoms with Gasteiger partial charge < -0.3 is 9.80 Å². The lowest BCUT2D eigenvalue weighted by Crippen LogP contribution is -2.41. The molecule has 0 saturated heterocycles. The van der Waals surface area contributed by atoms with Crippen LogP contribution >= 0.6 is 11.8 Å². The van der Waals surface area contributed by atoms with Crippen molar-refractivity contribution in [3.8, 4) is 11.4 Å². The fraction of sp³-hybridized carbons (Fsp3) is 0.474. The molecule has 1 atom stereocenters. The zero-order valence-corrected chi connectivity index (χ0v) is 16.6. The first-order chi connectivity index (χ1) is 12.5. The van der Waals surface area contributed by atoms with Crippen molar-refractivity contribution < 1.29 is 4.79 Å². The van der Waals surface area contributed by atoms with E-state index in [0.717, 1.165) is 41.4 Å². The maximum Gasteiger partial charge on any atom is 0.235 e. The smallest absolute Gasteiger partial charge is 0.235 e. The van der Waals surface area contributed by atoms with Gasteiger partial charge in [0.05, 0.1) is 17.5 Å². The zero-order chi connectivity index (χ0) is 18.7. The van der Waals surface area contributed by atoms with Crippen LogP contribution < -0.4 is 4.90 Å². The maximum absolute atomic E-state index is 12.7. The molecule has 0 aliphatic carbocycles. The van der Waals surface area contributed by atoms with Gasteiger partial charge in [0.2, 0.25) is 5.91 Å². The van der Waals surface area contributed by atoms with E-state index in [1.54, 1.807) is 24.2 Å². The Morgan fingerprint density at radius 2 is 2.04 bits per heavy atom. The highest BCUT2D eigenvalue weighted by atomic mass is 32.2. The highest BCUT2D eigenvalue weighted by Crippen LogP contribution is 2.29. The molecule has 26 heavy (non-hydrogen) atoms. The Labute approximate surface area is 159 Å². The number of hydrogen-bond donors (Lipinski definition) is 0. The predicted octanol–water partition coefficient (Wildman–Crippen LogP) is 2.63. The summed E-state index contributed by atoms with van der Waals surface area (Å²) in [6.45, 7) is 5.33. The molecule has 6 nitrogen and oxygen atoms in total. The number of carbonyl (C=O) groups is 1. The van der Waals surface area contributed by atoms with Gasteiger partial charge in [-0.1, -0.05) is 6.92 Å². The van der Waals surface area contributed by atoms with E-state index in [4.69, 9.17) is 9.97 Å². The molecule has 0 fully saturated rings. The number of nitrogens with zero attached hydrogens (tertiary/aromatic N) is 5. The molecule has 138 valence electrons. The largest absolute Gasteiger partial charge is 0.362 e. The molecule has 0 unspecified atom stereocenters. The molecule has 1 aliphatic heterocycles. The first kappa shape index (κ1) is 18.6. The predicted molar refractivity (Wildman–Crippen MR) is 106 cm³/mol. The molecule has 3 rings (SSSR count). The summed E-state index contributed by atoms with van der Waals surface area (Å²) in [6.07, 6.45) is 4.27. The fourth-order valence-electron chi connectivity index (χ4n) is 3.18. The van der Waals surface area contributed by atoms with Crippen LogP contribution in [0.1, 0.15) is 25.1 Å². The third-order valence-corrected chi connectivity index (χ3v) is 5.52. The molecule has 2 aromatic rings. The van der Waals surface area contributed by atoms with Crippen LogP contribution in [0.3, 0.4) is 0 Å². The Morgan fingerprint density at radius 3 is 2.69 bits per heavy atom. The maximum atomic E-state index is 12.7. The summed E-state index contributed by atoms with van der Waals surface area (Å²) in [4.78, 5) is 30.3. The summed E-state index contributed by atoms with van der Waals surface area (Å²) in [5.41, 5.74) is 3.03. The number of rotatable bonds is 5. The molecular weight excluding hydrogens is 346 g/mol. The van der Waals surface area contributed by atoms with E-state index in [9.17, 15) is 4.79 Å². The second-order valence-corrected chi connectivity index (χ2v) is 8.15. The summed E-state index contributed by atoms with van der Waals surface area (Å²) in [5, 5.41) is -0.0172. The van der Waals surface area contributed by atoms with E-state index >= 15 is 0 Å². The second-order valence-electron chi connectivity index (χ2n) is 6.53. The average molecular weight is 372 g/mol. The van der Waals surface area contributed by atoms with Crippen LogP contribution in [0.25, 0.3) is 11.4 Å². The number of carbonyl (C=O) groups excluding carboxylic acids is 1. The van der Waals surface area contributed by atoms with Gasteiger partial charge in [0.1, 0.15) is 5.82 Å². The van der Waals surface area contributed by atoms with Crippen LogP contribution in [-0.2, 0) is 17.8 Å². The molecule has 0 bridgehead atoms. The minimum Gasteiger partial charge on any atom is -0.362 e. The normalized spacial score (nSPS) is 14.7. The van der Waals surface area contributed by atoms with Gasteiger partial charge in [-0.2, -0.15) is 0 Å². The molecule has 0 spiro atoms. The van der Waals surface area contributed by atoms with Crippen LogP contribution in [0.15, 0.2) is 24.5 Å². The Kier molecular flexibility index (Phi) is 5.76. The Hall–Kier alpha value is -2.15. The lowest BCUT2D eigenvalue weighted by Gasteiger charge is -2.32. The highest BCUT2D eigenvalue weighted by molar-refractivity contribution is 8.00. The molecule has 1 aliphatic rings. The van der Waals surface area contributed by atoms with Crippen molar-refractivity contribution in [1.29, 1.82) is 0 Å². The number of anilines is 1. The minimum atomic E-state index is -0.0172. The fourth-order valence-corrected chi connectivity index (χ4v) is 3.97. The van der Waals surface area contributed by atoms with Gasteiger partial charge in [0, 0.05) is 44.2 Å². The van der Waals surface area contributed by atoms with E-state index in [-0.39, 0.29) is 11.2 Å². The van der Waals surface area contributed by atoms with E-state index < -0.39 is 0 Å². The van der Waals surface area contributed by atoms with E-state index in [0.29, 0.717) is 12.4 Å². The van der Waals surface area contributed by atoms with E-state index in [1.165, 1.54) is 0 Å². The van der Waals surface area contributed by atoms with Crippen LogP contribution in [0, 0.1) is 0 Å². The van der Waals surface area contributed by atoms with Crippen molar-refractivity contribution in [1.82, 2.24) is 19.9 Å². The number of pyridine rings is 1. The number of hydrogen-bond acceptors (Lipinski definition) is 6. The molecule has 1 amide bonds. The Bertz CT molecular complexity index is 781. The van der Waals surface area contributed by atoms with Gasteiger partial charge in [0.25, 0.3) is 0 Å². The summed E-state index contributed by atoms with van der Waals surface area (Å²) in [7, 11) is 3.99. The molecule has 3 heterocycles. The van der Waals surface area contributed by atoms with Crippen molar-refractivity contribution in [3.05, 3.63) is 35.8 Å². The number of fused-ring (bicyclic) bond motifs is 1. The van der Waals surface area contributed by atoms with Crippen LogP contribution in [0.4, 0.5) is 5.82 Å². The first-order valence-electron chi connectivity index (χ1n) is 8.89. The van der Waals surface area contributed by atoms with Gasteiger partial charge >= 0.3 is 0 Å². The third-order valence-electron chi connectivity index (χ3n) is 4.48. The number of amides is 1. The summed E-state index contributed by atoms with van der Waals surface area (Å²) in [5.74, 6) is 2.75. The molecule has 0 aromatic carbocycles. The number of aromatic nitrogens is 3. The summed E-state index contributed by atoms with van der Waals surface area (Å²) in [6, 6.07) is 3.82. The lowest BCUT2D eigenvalue weighted by molar-refractivity contribution is -0.131. The quantitative estimate of drug-likeness (QED) is 0.805. The van der Waals surface area contributed by atoms with Crippen LogP contribution in [0.2, 0.25) is 0 Å². The monoisotopic (exact) mass is 371 g/mol. The van der Waals surface area contributed by atoms with Crippen LogP contribution in [0.5, 0.6) is 0 Å². The molecule has 7 heteroatoms. The Morgan fingerprint density at radius 1 is 1.31 bits per heavy atom. The third kappa shape index (κ3) is 3.82. The van der Waals surface area contributed by atoms with Gasteiger partial charge in [-0.05, 0) is 31.2 Å². The van der Waals surface area contributed by atoms with Crippen molar-refractivity contribution in [2.75, 3.05) is 31.3 Å². The standard InChI is InChI=1S/C19H25N5OS/c1-5-26-13(2)19(25)24-11-8-15-16(12-24)21-17(22-18(15)23(3)4)14-6-9-20-10-7-14/h6-7,9-10,13H,5,8,11-12H2,1-4H3/t13-/m1/s1. The van der Waals surface area contributed by atoms with Gasteiger partial charge in [-0.25, -0.2) is 9.97 Å². The van der Waals surface area contributed by atoms with Crippen molar-refractivity contribution in [2.45, 2.75) is 32.1 Å². The van der Waals surface area contributed by atoms with Crippen molar-refractivity contribution >= 4 is 23.5 Å². The number of thioether (sulfide) groups is 1. The average Bonchev–Trinajstić information content (AvgIpc) is 2.66. The molecule has 2 aromatic heterocycles. The first-order valence-corrected chi connectivity index (χ1v) is 9.94. The highest BCUT2D eigenvalue weighted by Gasteiger charge is 2.28. The molecule has 0 saturated carbocycles. The van der Waals surface area contributed by atoms with E-state index in [1.807, 2.05) is 43.0 Å². The summed E-state index contributed by atoms with van der Waals surface area (Å²) >= 11 is 1.68.